The van der Waals surface area contributed by atoms with Gasteiger partial charge < -0.3 is 45.0 Å². The van der Waals surface area contributed by atoms with Gasteiger partial charge in [-0.05, 0) is 0 Å². The number of hydrogen-bond acceptors (Lipinski definition) is 5. The van der Waals surface area contributed by atoms with E-state index in [1.165, 1.54) is 7.05 Å². The van der Waals surface area contributed by atoms with E-state index in [1.54, 1.807) is 0 Å². The summed E-state index contributed by atoms with van der Waals surface area (Å²) in [6.07, 6.45) is -1.09. The van der Waals surface area contributed by atoms with Gasteiger partial charge in [-0.1, -0.05) is 0 Å². The van der Waals surface area contributed by atoms with Crippen molar-refractivity contribution < 1.29 is 43.7 Å². The molecule has 0 heterocycles. The highest BCUT2D eigenvalue weighted by molar-refractivity contribution is 7.50. The van der Waals surface area contributed by atoms with Crippen LogP contribution in [0.4, 0.5) is 0 Å². The second-order valence-corrected chi connectivity index (χ2v) is 7.15. The lowest BCUT2D eigenvalue weighted by Crippen LogP contribution is -2.43. The van der Waals surface area contributed by atoms with Crippen LogP contribution in [0, 0.1) is 0 Å². The van der Waals surface area contributed by atoms with Crippen molar-refractivity contribution in [3.63, 3.8) is 0 Å². The predicted octanol–water partition coefficient (Wildman–Crippen LogP) is -3.40. The molecule has 0 spiro atoms. The Morgan fingerprint density at radius 3 is 2.08 bits per heavy atom. The standard InChI is InChI=1S/C7H15NO3.C4H10N3O5P/c1-8(2,3)5-6(9)4-7(10)11;1-7(2-3(8)9)4(5)6-13(10,11)12/h6,9H,4-5H2,1-3H3;2H2,1H3,(H,8,9)(H4,5,6,10,11,12). The molecule has 0 aliphatic heterocycles. The summed E-state index contributed by atoms with van der Waals surface area (Å²) in [5.41, 5.74) is 5.07. The minimum atomic E-state index is -4.59. The summed E-state index contributed by atoms with van der Waals surface area (Å²) < 4.78 is 13.6. The van der Waals surface area contributed by atoms with Gasteiger partial charge in [0, 0.05) is 19.4 Å². The largest absolute Gasteiger partial charge is 0.550 e. The predicted molar refractivity (Wildman–Crippen MR) is 82.5 cm³/mol. The van der Waals surface area contributed by atoms with Crippen LogP contribution < -0.4 is 10.8 Å². The van der Waals surface area contributed by atoms with Gasteiger partial charge in [-0.25, -0.2) is 4.57 Å². The Balaban J connectivity index is 0. The molecule has 6 N–H and O–H groups in total. The molecular weight excluding hydrogens is 347 g/mol. The summed E-state index contributed by atoms with van der Waals surface area (Å²) >= 11 is 0. The van der Waals surface area contributed by atoms with Crippen LogP contribution in [0.5, 0.6) is 0 Å². The number of aliphatic carboxylic acids is 2. The van der Waals surface area contributed by atoms with Crippen LogP contribution in [0.1, 0.15) is 6.42 Å². The molecule has 0 aliphatic rings. The van der Waals surface area contributed by atoms with Crippen LogP contribution in [0.2, 0.25) is 0 Å². The lowest BCUT2D eigenvalue weighted by Gasteiger charge is -2.26. The van der Waals surface area contributed by atoms with Gasteiger partial charge in [0.25, 0.3) is 0 Å². The van der Waals surface area contributed by atoms with Crippen LogP contribution in [0.25, 0.3) is 0 Å². The van der Waals surface area contributed by atoms with Gasteiger partial charge >= 0.3 is 13.7 Å². The van der Waals surface area contributed by atoms with Gasteiger partial charge in [-0.3, -0.25) is 4.79 Å². The van der Waals surface area contributed by atoms with Gasteiger partial charge in [0.05, 0.1) is 21.1 Å². The molecule has 0 radical (unpaired) electrons. The zero-order chi connectivity index (χ0) is 19.7. The molecule has 0 bridgehead atoms. The maximum absolute atomic E-state index is 10.3. The van der Waals surface area contributed by atoms with E-state index >= 15 is 0 Å². The smallest absolute Gasteiger partial charge is 0.451 e. The number of carbonyl (C=O) groups is 2. The fraction of sp³-hybridized carbons (Fsp3) is 0.727. The minimum absolute atomic E-state index is 0.282. The van der Waals surface area contributed by atoms with Crippen molar-refractivity contribution in [2.75, 3.05) is 41.3 Å². The van der Waals surface area contributed by atoms with Crippen molar-refractivity contribution >= 4 is 25.6 Å². The molecule has 0 rings (SSSR count). The third kappa shape index (κ3) is 18.3. The normalized spacial score (nSPS) is 13.5. The number of rotatable bonds is 7. The summed E-state index contributed by atoms with van der Waals surface area (Å²) in [4.78, 5) is 37.7. The fourth-order valence-corrected chi connectivity index (χ4v) is 1.80. The minimum Gasteiger partial charge on any atom is -0.550 e. The second kappa shape index (κ2) is 10.2. The van der Waals surface area contributed by atoms with E-state index in [-0.39, 0.29) is 6.42 Å². The number of aliphatic hydroxyl groups is 1. The van der Waals surface area contributed by atoms with E-state index in [0.29, 0.717) is 11.0 Å². The molecule has 0 aromatic carbocycles. The Morgan fingerprint density at radius 1 is 1.33 bits per heavy atom. The molecule has 12 nitrogen and oxygen atoms in total. The summed E-state index contributed by atoms with van der Waals surface area (Å²) in [5.74, 6) is -2.90. The third-order valence-electron chi connectivity index (χ3n) is 2.16. The second-order valence-electron chi connectivity index (χ2n) is 5.92. The number of quaternary nitrogens is 1. The molecule has 0 aromatic heterocycles. The van der Waals surface area contributed by atoms with E-state index in [1.807, 2.05) is 21.1 Å². The molecule has 1 unspecified atom stereocenters. The van der Waals surface area contributed by atoms with Crippen molar-refractivity contribution in [3.05, 3.63) is 0 Å². The first-order chi connectivity index (χ1) is 10.5. The van der Waals surface area contributed by atoms with Gasteiger partial charge in [0.2, 0.25) is 5.96 Å². The Hall–Kier alpha value is -1.72. The summed E-state index contributed by atoms with van der Waals surface area (Å²) in [6.45, 7) is -0.0523. The average Bonchev–Trinajstić information content (AvgIpc) is 2.21. The monoisotopic (exact) mass is 372 g/mol. The first kappa shape index (κ1) is 24.5. The maximum atomic E-state index is 10.3. The molecular formula is C11H25N4O8P. The number of likely N-dealkylation sites (N-methyl/N-ethyl adjacent to an activating group) is 2. The van der Waals surface area contributed by atoms with Crippen molar-refractivity contribution in [1.82, 2.24) is 4.90 Å². The number of carboxylic acids is 2. The first-order valence-electron chi connectivity index (χ1n) is 6.56. The average molecular weight is 372 g/mol. The Kier molecular flexibility index (Phi) is 10.4. The Morgan fingerprint density at radius 2 is 1.79 bits per heavy atom. The molecule has 1 atom stereocenters. The first-order valence-corrected chi connectivity index (χ1v) is 8.12. The number of nitrogens with two attached hydrogens (primary N) is 1. The van der Waals surface area contributed by atoms with E-state index in [9.17, 15) is 19.3 Å². The van der Waals surface area contributed by atoms with Crippen LogP contribution in [-0.2, 0) is 14.2 Å². The molecule has 0 saturated heterocycles. The van der Waals surface area contributed by atoms with E-state index in [4.69, 9.17) is 25.7 Å². The number of nitrogens with zero attached hydrogens (tertiary/aromatic N) is 3. The zero-order valence-electron chi connectivity index (χ0n) is 14.0. The molecule has 13 heteroatoms. The van der Waals surface area contributed by atoms with Crippen LogP contribution in [-0.4, -0.2) is 94.7 Å². The molecule has 0 amide bonds. The molecule has 142 valence electrons. The maximum Gasteiger partial charge on any atom is 0.451 e. The van der Waals surface area contributed by atoms with Crippen LogP contribution in [0.3, 0.4) is 0 Å². The van der Waals surface area contributed by atoms with E-state index in [2.05, 4.69) is 4.76 Å². The summed E-state index contributed by atoms with van der Waals surface area (Å²) in [5, 5.41) is 27.4. The number of carboxylic acid groups (broad SMARTS) is 2. The molecule has 0 aliphatic carbocycles. The summed E-state index contributed by atoms with van der Waals surface area (Å²) in [6, 6.07) is 0. The van der Waals surface area contributed by atoms with Gasteiger partial charge in [-0.2, -0.15) is 0 Å². The highest BCUT2D eigenvalue weighted by atomic mass is 31.2. The zero-order valence-corrected chi connectivity index (χ0v) is 14.9. The van der Waals surface area contributed by atoms with Crippen molar-refractivity contribution in [3.8, 4) is 0 Å². The highest BCUT2D eigenvalue weighted by Crippen LogP contribution is 2.35. The van der Waals surface area contributed by atoms with Gasteiger partial charge in [0.1, 0.15) is 19.2 Å². The lowest BCUT2D eigenvalue weighted by molar-refractivity contribution is -0.873. The fourth-order valence-electron chi connectivity index (χ4n) is 1.38. The van der Waals surface area contributed by atoms with E-state index < -0.39 is 38.3 Å². The summed E-state index contributed by atoms with van der Waals surface area (Å²) in [7, 11) is 2.32. The van der Waals surface area contributed by atoms with E-state index in [0.717, 1.165) is 4.90 Å². The number of carbonyl (C=O) groups excluding carboxylic acids is 1. The number of guanidine groups is 1. The van der Waals surface area contributed by atoms with Crippen molar-refractivity contribution in [2.45, 2.75) is 12.5 Å². The molecule has 0 fully saturated rings. The van der Waals surface area contributed by atoms with Gasteiger partial charge in [0.15, 0.2) is 0 Å². The quantitative estimate of drug-likeness (QED) is 0.130. The lowest BCUT2D eigenvalue weighted by atomic mass is 10.2. The van der Waals surface area contributed by atoms with Gasteiger partial charge in [-0.15, -0.1) is 4.76 Å². The number of hydrogen-bond donors (Lipinski definition) is 5. The Labute approximate surface area is 139 Å². The van der Waals surface area contributed by atoms with Crippen molar-refractivity contribution in [2.24, 2.45) is 10.5 Å². The highest BCUT2D eigenvalue weighted by Gasteiger charge is 2.15. The topological polar surface area (TPSA) is 197 Å². The SMILES string of the molecule is CN(CC(=O)O)C(N)=NP(=O)(O)O.C[N+](C)(C)CC(O)CC(=O)[O-]. The molecule has 0 aromatic rings. The molecule has 0 saturated carbocycles. The third-order valence-corrected chi connectivity index (χ3v) is 2.62. The van der Waals surface area contributed by atoms with Crippen molar-refractivity contribution in [1.29, 1.82) is 0 Å². The number of aliphatic hydroxyl groups excluding tert-OH is 1. The van der Waals surface area contributed by atoms with Crippen LogP contribution in [0.15, 0.2) is 4.76 Å². The molecule has 24 heavy (non-hydrogen) atoms. The Bertz CT molecular complexity index is 499. The van der Waals surface area contributed by atoms with Crippen LogP contribution >= 0.6 is 7.75 Å².